The van der Waals surface area contributed by atoms with E-state index < -0.39 is 0 Å². The lowest BCUT2D eigenvalue weighted by atomic mass is 10.0. The van der Waals surface area contributed by atoms with Crippen LogP contribution in [-0.2, 0) is 0 Å². The van der Waals surface area contributed by atoms with E-state index in [0.717, 1.165) is 37.1 Å². The maximum Gasteiger partial charge on any atom is 0.161 e. The van der Waals surface area contributed by atoms with E-state index in [1.165, 1.54) is 18.4 Å². The molecule has 1 heterocycles. The topological polar surface area (TPSA) is 33.7 Å². The Hall–Kier alpha value is -1.26. The summed E-state index contributed by atoms with van der Waals surface area (Å²) in [7, 11) is 2.23. The fraction of sp³-hybridized carbons (Fsp3) is 0.647. The van der Waals surface area contributed by atoms with Gasteiger partial charge in [0.05, 0.1) is 0 Å². The van der Waals surface area contributed by atoms with Crippen LogP contribution in [0, 0.1) is 0 Å². The number of likely N-dealkylation sites (N-methyl/N-ethyl adjacent to an activating group) is 1. The van der Waals surface area contributed by atoms with Gasteiger partial charge >= 0.3 is 0 Å². The highest BCUT2D eigenvalue weighted by Crippen LogP contribution is 2.33. The summed E-state index contributed by atoms with van der Waals surface area (Å²) in [4.78, 5) is 2.48. The van der Waals surface area contributed by atoms with Gasteiger partial charge in [-0.1, -0.05) is 13.0 Å². The van der Waals surface area contributed by atoms with Crippen LogP contribution in [0.5, 0.6) is 11.5 Å². The van der Waals surface area contributed by atoms with Crippen molar-refractivity contribution in [3.05, 3.63) is 23.8 Å². The summed E-state index contributed by atoms with van der Waals surface area (Å²) in [6.07, 6.45) is 3.84. The van der Waals surface area contributed by atoms with Crippen molar-refractivity contribution in [1.82, 2.24) is 10.2 Å². The largest absolute Gasteiger partial charge is 0.486 e. The van der Waals surface area contributed by atoms with Gasteiger partial charge in [0.2, 0.25) is 0 Å². The Morgan fingerprint density at radius 1 is 1.24 bits per heavy atom. The standard InChI is InChI=1S/C17H26N2O2/c1-3-8-18-15(12-19(2)14-5-6-14)13-4-7-16-17(11-13)21-10-9-20-16/h4,7,11,14-15,18H,3,5-6,8-10,12H2,1-2H3. The maximum absolute atomic E-state index is 5.72. The van der Waals surface area contributed by atoms with Gasteiger partial charge in [-0.15, -0.1) is 0 Å². The molecule has 1 unspecified atom stereocenters. The molecule has 1 atom stereocenters. The molecule has 4 nitrogen and oxygen atoms in total. The van der Waals surface area contributed by atoms with E-state index in [0.29, 0.717) is 19.3 Å². The highest BCUT2D eigenvalue weighted by Gasteiger charge is 2.28. The lowest BCUT2D eigenvalue weighted by Gasteiger charge is -2.27. The van der Waals surface area contributed by atoms with Crippen molar-refractivity contribution in [2.45, 2.75) is 38.3 Å². The molecule has 1 aromatic rings. The third-order valence-electron chi connectivity index (χ3n) is 4.25. The SMILES string of the molecule is CCCNC(CN(C)C1CC1)c1ccc2c(c1)OCCO2. The molecule has 1 aromatic carbocycles. The van der Waals surface area contributed by atoms with E-state index in [-0.39, 0.29) is 0 Å². The number of hydrogen-bond acceptors (Lipinski definition) is 4. The predicted octanol–water partition coefficient (Wildman–Crippen LogP) is 2.59. The van der Waals surface area contributed by atoms with Gasteiger partial charge in [0.1, 0.15) is 13.2 Å². The Bertz CT molecular complexity index is 474. The van der Waals surface area contributed by atoms with E-state index in [9.17, 15) is 0 Å². The van der Waals surface area contributed by atoms with Crippen molar-refractivity contribution >= 4 is 0 Å². The summed E-state index contributed by atoms with van der Waals surface area (Å²) < 4.78 is 11.3. The molecule has 1 N–H and O–H groups in total. The van der Waals surface area contributed by atoms with Gasteiger partial charge in [0.25, 0.3) is 0 Å². The summed E-state index contributed by atoms with van der Waals surface area (Å²) in [5, 5.41) is 3.67. The number of benzene rings is 1. The average Bonchev–Trinajstić information content (AvgIpc) is 3.35. The zero-order chi connectivity index (χ0) is 14.7. The highest BCUT2D eigenvalue weighted by molar-refractivity contribution is 5.44. The quantitative estimate of drug-likeness (QED) is 0.837. The zero-order valence-corrected chi connectivity index (χ0v) is 13.1. The van der Waals surface area contributed by atoms with E-state index in [1.807, 2.05) is 6.07 Å². The molecule has 1 saturated carbocycles. The number of fused-ring (bicyclic) bond motifs is 1. The Morgan fingerprint density at radius 3 is 2.71 bits per heavy atom. The lowest BCUT2D eigenvalue weighted by Crippen LogP contribution is -2.34. The van der Waals surface area contributed by atoms with Gasteiger partial charge in [-0.05, 0) is 50.6 Å². The molecular weight excluding hydrogens is 264 g/mol. The predicted molar refractivity (Wildman–Crippen MR) is 84.1 cm³/mol. The Labute approximate surface area is 127 Å². The van der Waals surface area contributed by atoms with Crippen LogP contribution in [0.4, 0.5) is 0 Å². The van der Waals surface area contributed by atoms with E-state index in [1.54, 1.807) is 0 Å². The molecular formula is C17H26N2O2. The van der Waals surface area contributed by atoms with Crippen molar-refractivity contribution in [3.63, 3.8) is 0 Å². The van der Waals surface area contributed by atoms with Gasteiger partial charge in [-0.25, -0.2) is 0 Å². The lowest BCUT2D eigenvalue weighted by molar-refractivity contribution is 0.171. The van der Waals surface area contributed by atoms with Crippen LogP contribution in [0.3, 0.4) is 0 Å². The van der Waals surface area contributed by atoms with E-state index in [4.69, 9.17) is 9.47 Å². The van der Waals surface area contributed by atoms with Gasteiger partial charge < -0.3 is 19.7 Å². The molecule has 0 bridgehead atoms. The van der Waals surface area contributed by atoms with Crippen molar-refractivity contribution in [2.75, 3.05) is 33.4 Å². The highest BCUT2D eigenvalue weighted by atomic mass is 16.6. The van der Waals surface area contributed by atoms with Crippen molar-refractivity contribution in [2.24, 2.45) is 0 Å². The first-order valence-corrected chi connectivity index (χ1v) is 8.11. The zero-order valence-electron chi connectivity index (χ0n) is 13.1. The third-order valence-corrected chi connectivity index (χ3v) is 4.25. The second-order valence-corrected chi connectivity index (χ2v) is 6.08. The van der Waals surface area contributed by atoms with Crippen LogP contribution >= 0.6 is 0 Å². The second-order valence-electron chi connectivity index (χ2n) is 6.08. The van der Waals surface area contributed by atoms with Crippen LogP contribution < -0.4 is 14.8 Å². The number of hydrogen-bond donors (Lipinski definition) is 1. The first-order chi connectivity index (χ1) is 10.3. The van der Waals surface area contributed by atoms with Crippen LogP contribution in [0.25, 0.3) is 0 Å². The van der Waals surface area contributed by atoms with E-state index in [2.05, 4.69) is 36.3 Å². The molecule has 0 radical (unpaired) electrons. The normalized spacial score (nSPS) is 18.8. The van der Waals surface area contributed by atoms with E-state index >= 15 is 0 Å². The number of nitrogens with zero attached hydrogens (tertiary/aromatic N) is 1. The second kappa shape index (κ2) is 6.67. The summed E-state index contributed by atoms with van der Waals surface area (Å²) in [6.45, 7) is 5.58. The molecule has 0 amide bonds. The van der Waals surface area contributed by atoms with Crippen LogP contribution in [0.15, 0.2) is 18.2 Å². The monoisotopic (exact) mass is 290 g/mol. The molecule has 21 heavy (non-hydrogen) atoms. The molecule has 0 aromatic heterocycles. The molecule has 4 heteroatoms. The van der Waals surface area contributed by atoms with Crippen molar-refractivity contribution in [1.29, 1.82) is 0 Å². The number of ether oxygens (including phenoxy) is 2. The minimum atomic E-state index is 0.353. The molecule has 116 valence electrons. The maximum atomic E-state index is 5.72. The molecule has 0 saturated heterocycles. The molecule has 1 aliphatic heterocycles. The van der Waals surface area contributed by atoms with Gasteiger partial charge in [-0.3, -0.25) is 0 Å². The molecule has 0 spiro atoms. The van der Waals surface area contributed by atoms with Crippen LogP contribution in [-0.4, -0.2) is 44.3 Å². The Morgan fingerprint density at radius 2 is 2.00 bits per heavy atom. The average molecular weight is 290 g/mol. The summed E-state index contributed by atoms with van der Waals surface area (Å²) in [5.41, 5.74) is 1.29. The van der Waals surface area contributed by atoms with Crippen LogP contribution in [0.2, 0.25) is 0 Å². The van der Waals surface area contributed by atoms with Gasteiger partial charge in [-0.2, -0.15) is 0 Å². The van der Waals surface area contributed by atoms with Crippen molar-refractivity contribution < 1.29 is 9.47 Å². The Balaban J connectivity index is 1.74. The number of rotatable bonds is 7. The van der Waals surface area contributed by atoms with Crippen LogP contribution in [0.1, 0.15) is 37.8 Å². The fourth-order valence-electron chi connectivity index (χ4n) is 2.84. The third kappa shape index (κ3) is 3.69. The molecule has 1 fully saturated rings. The minimum absolute atomic E-state index is 0.353. The smallest absolute Gasteiger partial charge is 0.161 e. The molecule has 2 aliphatic rings. The minimum Gasteiger partial charge on any atom is -0.486 e. The molecule has 1 aliphatic carbocycles. The van der Waals surface area contributed by atoms with Gasteiger partial charge in [0.15, 0.2) is 11.5 Å². The summed E-state index contributed by atoms with van der Waals surface area (Å²) in [6, 6.07) is 7.49. The summed E-state index contributed by atoms with van der Waals surface area (Å²) >= 11 is 0. The summed E-state index contributed by atoms with van der Waals surface area (Å²) in [5.74, 6) is 1.76. The van der Waals surface area contributed by atoms with Crippen molar-refractivity contribution in [3.8, 4) is 11.5 Å². The molecule has 3 rings (SSSR count). The Kier molecular flexibility index (Phi) is 4.66. The van der Waals surface area contributed by atoms with Gasteiger partial charge in [0, 0.05) is 18.6 Å². The fourth-order valence-corrected chi connectivity index (χ4v) is 2.84. The number of nitrogens with one attached hydrogen (secondary N) is 1. The first-order valence-electron chi connectivity index (χ1n) is 8.11. The first kappa shape index (κ1) is 14.7.